The molecular weight excluding hydrogens is 445 g/mol. The number of aromatic carboxylic acids is 1. The van der Waals surface area contributed by atoms with Gasteiger partial charge in [0.25, 0.3) is 5.91 Å². The van der Waals surface area contributed by atoms with Crippen molar-refractivity contribution in [3.05, 3.63) is 69.6 Å². The lowest BCUT2D eigenvalue weighted by atomic mass is 10.0. The number of aromatic hydroxyl groups is 1. The Kier molecular flexibility index (Phi) is 5.72. The van der Waals surface area contributed by atoms with Gasteiger partial charge in [-0.25, -0.2) is 13.6 Å². The number of halogens is 5. The summed E-state index contributed by atoms with van der Waals surface area (Å²) in [5.74, 6) is -6.57. The molecule has 3 aromatic rings. The monoisotopic (exact) mass is 457 g/mol. The highest BCUT2D eigenvalue weighted by Crippen LogP contribution is 2.40. The molecule has 0 aliphatic heterocycles. The molecule has 11 heteroatoms. The maximum absolute atomic E-state index is 14.3. The molecule has 0 fully saturated rings. The number of anilines is 1. The van der Waals surface area contributed by atoms with Crippen molar-refractivity contribution in [2.75, 3.05) is 5.32 Å². The lowest BCUT2D eigenvalue weighted by Gasteiger charge is -2.12. The van der Waals surface area contributed by atoms with Crippen molar-refractivity contribution >= 4 is 28.2 Å². The second-order valence-corrected chi connectivity index (χ2v) is 7.25. The molecule has 0 radical (unpaired) electrons. The molecule has 0 spiro atoms. The van der Waals surface area contributed by atoms with Gasteiger partial charge in [0.2, 0.25) is 0 Å². The Morgan fingerprint density at radius 3 is 2.32 bits per heavy atom. The highest BCUT2D eigenvalue weighted by Gasteiger charge is 2.35. The van der Waals surface area contributed by atoms with Gasteiger partial charge in [0.05, 0.1) is 11.1 Å². The molecule has 1 amide bonds. The number of benzene rings is 2. The third-order valence-corrected chi connectivity index (χ3v) is 5.28. The summed E-state index contributed by atoms with van der Waals surface area (Å²) in [7, 11) is 0. The number of phenolic OH excluding ortho intramolecular Hbond substituents is 1. The Hall–Kier alpha value is -3.47. The zero-order valence-corrected chi connectivity index (χ0v) is 16.3. The van der Waals surface area contributed by atoms with Crippen LogP contribution in [0.25, 0.3) is 11.1 Å². The summed E-state index contributed by atoms with van der Waals surface area (Å²) in [6, 6.07) is 4.82. The number of hydrogen-bond acceptors (Lipinski definition) is 4. The summed E-state index contributed by atoms with van der Waals surface area (Å²) >= 11 is 0.651. The lowest BCUT2D eigenvalue weighted by molar-refractivity contribution is -0.138. The molecule has 0 aliphatic carbocycles. The van der Waals surface area contributed by atoms with E-state index in [9.17, 15) is 41.8 Å². The Morgan fingerprint density at radius 2 is 1.71 bits per heavy atom. The second-order valence-electron chi connectivity index (χ2n) is 6.37. The fraction of sp³-hybridized carbons (Fsp3) is 0.100. The summed E-state index contributed by atoms with van der Waals surface area (Å²) < 4.78 is 67.1. The van der Waals surface area contributed by atoms with Crippen LogP contribution in [0.2, 0.25) is 0 Å². The van der Waals surface area contributed by atoms with E-state index in [4.69, 9.17) is 0 Å². The van der Waals surface area contributed by atoms with Crippen LogP contribution in [0.4, 0.5) is 27.0 Å². The van der Waals surface area contributed by atoms with E-state index >= 15 is 0 Å². The van der Waals surface area contributed by atoms with Crippen LogP contribution in [0, 0.1) is 18.6 Å². The van der Waals surface area contributed by atoms with Crippen LogP contribution in [0.5, 0.6) is 5.75 Å². The molecule has 31 heavy (non-hydrogen) atoms. The number of amides is 1. The van der Waals surface area contributed by atoms with E-state index in [1.807, 2.05) is 0 Å². The maximum Gasteiger partial charge on any atom is 0.419 e. The summed E-state index contributed by atoms with van der Waals surface area (Å²) in [5, 5.41) is 22.3. The van der Waals surface area contributed by atoms with Gasteiger partial charge in [0, 0.05) is 16.5 Å². The van der Waals surface area contributed by atoms with Crippen molar-refractivity contribution in [2.45, 2.75) is 13.1 Å². The van der Waals surface area contributed by atoms with Crippen LogP contribution in [-0.2, 0) is 6.18 Å². The molecule has 162 valence electrons. The fourth-order valence-corrected chi connectivity index (χ4v) is 3.79. The number of carbonyl (C=O) groups is 2. The van der Waals surface area contributed by atoms with E-state index in [0.29, 0.717) is 17.4 Å². The van der Waals surface area contributed by atoms with Gasteiger partial charge in [0.15, 0.2) is 11.6 Å². The highest BCUT2D eigenvalue weighted by atomic mass is 32.1. The number of carbonyl (C=O) groups excluding carboxylic acids is 1. The molecule has 3 N–H and O–H groups in total. The topological polar surface area (TPSA) is 86.6 Å². The molecule has 1 aromatic heterocycles. The first-order valence-corrected chi connectivity index (χ1v) is 9.31. The lowest BCUT2D eigenvalue weighted by Crippen LogP contribution is -2.15. The predicted molar refractivity (Wildman–Crippen MR) is 102 cm³/mol. The van der Waals surface area contributed by atoms with Gasteiger partial charge in [-0.2, -0.15) is 13.2 Å². The quantitative estimate of drug-likeness (QED) is 0.440. The van der Waals surface area contributed by atoms with Gasteiger partial charge in [-0.1, -0.05) is 18.2 Å². The van der Waals surface area contributed by atoms with E-state index in [2.05, 4.69) is 5.32 Å². The standard InChI is InChI=1S/C20H12F5NO4S/c1-8-5-6-9(15(22)14(8)21)11-7-31-18(13(11)19(29)30)26-17(28)10-3-2-4-12(16(10)27)20(23,24)25/h2-7,27H,1H3,(H,26,28)(H,29,30). The first kappa shape index (κ1) is 22.2. The van der Waals surface area contributed by atoms with Crippen molar-refractivity contribution in [1.29, 1.82) is 0 Å². The minimum Gasteiger partial charge on any atom is -0.506 e. The SMILES string of the molecule is Cc1ccc(-c2csc(NC(=O)c3cccc(C(F)(F)F)c3O)c2C(=O)O)c(F)c1F. The first-order valence-electron chi connectivity index (χ1n) is 8.43. The average Bonchev–Trinajstić information content (AvgIpc) is 3.08. The Morgan fingerprint density at radius 1 is 1.03 bits per heavy atom. The van der Waals surface area contributed by atoms with Crippen LogP contribution in [-0.4, -0.2) is 22.1 Å². The molecule has 5 nitrogen and oxygen atoms in total. The van der Waals surface area contributed by atoms with Crippen LogP contribution >= 0.6 is 11.3 Å². The third-order valence-electron chi connectivity index (χ3n) is 4.38. The van der Waals surface area contributed by atoms with Crippen LogP contribution in [0.15, 0.2) is 35.7 Å². The molecule has 0 aliphatic rings. The molecular formula is C20H12F5NO4S. The zero-order valence-electron chi connectivity index (χ0n) is 15.5. The number of alkyl halides is 3. The van der Waals surface area contributed by atoms with E-state index in [0.717, 1.165) is 17.5 Å². The molecule has 2 aromatic carbocycles. The molecule has 0 unspecified atom stereocenters. The van der Waals surface area contributed by atoms with Crippen molar-refractivity contribution in [2.24, 2.45) is 0 Å². The number of para-hydroxylation sites is 1. The van der Waals surface area contributed by atoms with Crippen molar-refractivity contribution < 1.29 is 41.8 Å². The minimum atomic E-state index is -4.92. The van der Waals surface area contributed by atoms with Crippen LogP contribution in [0.3, 0.4) is 0 Å². The fourth-order valence-electron chi connectivity index (χ4n) is 2.84. The number of hydrogen-bond donors (Lipinski definition) is 3. The van der Waals surface area contributed by atoms with E-state index in [-0.39, 0.29) is 21.7 Å². The van der Waals surface area contributed by atoms with Crippen LogP contribution < -0.4 is 5.32 Å². The molecule has 0 atom stereocenters. The first-order chi connectivity index (χ1) is 14.4. The Labute approximate surface area is 175 Å². The maximum atomic E-state index is 14.3. The highest BCUT2D eigenvalue weighted by molar-refractivity contribution is 7.15. The summed E-state index contributed by atoms with van der Waals surface area (Å²) in [5.41, 5.74) is -3.35. The summed E-state index contributed by atoms with van der Waals surface area (Å²) in [6.45, 7) is 1.32. The molecule has 0 saturated heterocycles. The molecule has 0 saturated carbocycles. The van der Waals surface area contributed by atoms with E-state index in [1.54, 1.807) is 0 Å². The van der Waals surface area contributed by atoms with Crippen molar-refractivity contribution in [3.8, 4) is 16.9 Å². The summed E-state index contributed by atoms with van der Waals surface area (Å²) in [6.07, 6.45) is -4.92. The van der Waals surface area contributed by atoms with Crippen LogP contribution in [0.1, 0.15) is 31.8 Å². The summed E-state index contributed by atoms with van der Waals surface area (Å²) in [4.78, 5) is 24.2. The van der Waals surface area contributed by atoms with Gasteiger partial charge in [-0.05, 0) is 24.6 Å². The Balaban J connectivity index is 2.04. The molecule has 1 heterocycles. The van der Waals surface area contributed by atoms with Gasteiger partial charge >= 0.3 is 12.1 Å². The number of carboxylic acid groups (broad SMARTS) is 1. The number of rotatable bonds is 4. The number of aryl methyl sites for hydroxylation is 1. The van der Waals surface area contributed by atoms with E-state index in [1.165, 1.54) is 19.1 Å². The third kappa shape index (κ3) is 4.08. The largest absolute Gasteiger partial charge is 0.506 e. The van der Waals surface area contributed by atoms with Gasteiger partial charge in [-0.15, -0.1) is 11.3 Å². The zero-order chi connectivity index (χ0) is 23.1. The smallest absolute Gasteiger partial charge is 0.419 e. The average molecular weight is 457 g/mol. The normalized spacial score (nSPS) is 11.4. The molecule has 3 rings (SSSR count). The van der Waals surface area contributed by atoms with Crippen molar-refractivity contribution in [3.63, 3.8) is 0 Å². The number of phenols is 1. The van der Waals surface area contributed by atoms with Crippen molar-refractivity contribution in [1.82, 2.24) is 0 Å². The predicted octanol–water partition coefficient (Wildman–Crippen LogP) is 5.68. The second kappa shape index (κ2) is 7.99. The van der Waals surface area contributed by atoms with Gasteiger partial charge in [-0.3, -0.25) is 4.79 Å². The minimum absolute atomic E-state index is 0.00176. The van der Waals surface area contributed by atoms with Gasteiger partial charge in [0.1, 0.15) is 16.3 Å². The Bertz CT molecular complexity index is 1200. The van der Waals surface area contributed by atoms with Gasteiger partial charge < -0.3 is 15.5 Å². The number of thiophene rings is 1. The molecule has 0 bridgehead atoms. The number of carboxylic acids is 1. The number of nitrogens with one attached hydrogen (secondary N) is 1. The van der Waals surface area contributed by atoms with E-state index < -0.39 is 52.1 Å².